The third-order valence-corrected chi connectivity index (χ3v) is 9.52. The first-order valence-electron chi connectivity index (χ1n) is 13.2. The Hall–Kier alpha value is -4.20. The molecule has 0 spiro atoms. The van der Waals surface area contributed by atoms with Gasteiger partial charge < -0.3 is 9.64 Å². The molecule has 0 atom stereocenters. The third-order valence-electron chi connectivity index (χ3n) is 6.62. The molecule has 1 fully saturated rings. The van der Waals surface area contributed by atoms with E-state index in [1.54, 1.807) is 6.92 Å². The van der Waals surface area contributed by atoms with Crippen LogP contribution in [0.5, 0.6) is 0 Å². The van der Waals surface area contributed by atoms with Crippen LogP contribution in [-0.4, -0.2) is 73.6 Å². The number of ether oxygens (including phenoxy) is 1. The van der Waals surface area contributed by atoms with E-state index in [0.717, 1.165) is 27.5 Å². The lowest BCUT2D eigenvalue weighted by atomic mass is 10.2. The molecule has 5 rings (SSSR count). The van der Waals surface area contributed by atoms with Crippen molar-refractivity contribution in [3.8, 4) is 0 Å². The number of anilines is 1. The zero-order valence-corrected chi connectivity index (χ0v) is 24.6. The number of thiazole rings is 1. The van der Waals surface area contributed by atoms with Crippen molar-refractivity contribution < 1.29 is 27.1 Å². The van der Waals surface area contributed by atoms with Crippen LogP contribution in [0.1, 0.15) is 28.4 Å². The molecule has 218 valence electrons. The minimum absolute atomic E-state index is 0.0220. The van der Waals surface area contributed by atoms with Crippen LogP contribution in [0.15, 0.2) is 76.7 Å². The van der Waals surface area contributed by atoms with E-state index in [2.05, 4.69) is 10.1 Å². The van der Waals surface area contributed by atoms with Crippen LogP contribution in [0, 0.1) is 12.7 Å². The molecule has 0 unspecified atom stereocenters. The van der Waals surface area contributed by atoms with Gasteiger partial charge in [-0.3, -0.25) is 4.79 Å². The lowest BCUT2D eigenvalue weighted by Gasteiger charge is -2.33. The van der Waals surface area contributed by atoms with Crippen molar-refractivity contribution in [3.05, 3.63) is 89.2 Å². The molecule has 2 amide bonds. The highest BCUT2D eigenvalue weighted by atomic mass is 32.2. The summed E-state index contributed by atoms with van der Waals surface area (Å²) in [6.07, 6.45) is 1.06. The van der Waals surface area contributed by atoms with E-state index < -0.39 is 27.8 Å². The van der Waals surface area contributed by atoms with Gasteiger partial charge in [-0.25, -0.2) is 22.6 Å². The van der Waals surface area contributed by atoms with Gasteiger partial charge in [-0.1, -0.05) is 41.2 Å². The Morgan fingerprint density at radius 2 is 1.74 bits per heavy atom. The molecule has 0 aliphatic carbocycles. The molecular weight excluding hydrogens is 581 g/mol. The van der Waals surface area contributed by atoms with Gasteiger partial charge in [0, 0.05) is 31.7 Å². The Kier molecular flexibility index (Phi) is 8.61. The molecule has 0 N–H and O–H groups in total. The first-order valence-corrected chi connectivity index (χ1v) is 15.4. The number of fused-ring (bicyclic) bond motifs is 1. The van der Waals surface area contributed by atoms with Gasteiger partial charge in [-0.15, -0.1) is 0 Å². The second-order valence-electron chi connectivity index (χ2n) is 9.50. The largest absolute Gasteiger partial charge is 0.450 e. The second-order valence-corrected chi connectivity index (χ2v) is 12.4. The number of benzene rings is 3. The second kappa shape index (κ2) is 12.3. The monoisotopic (exact) mass is 609 g/mol. The molecule has 1 aliphatic rings. The minimum Gasteiger partial charge on any atom is -0.450 e. The van der Waals surface area contributed by atoms with Crippen molar-refractivity contribution >= 4 is 54.9 Å². The molecule has 0 radical (unpaired) electrons. The fourth-order valence-corrected chi connectivity index (χ4v) is 6.68. The van der Waals surface area contributed by atoms with Crippen LogP contribution in [0.4, 0.5) is 14.3 Å². The van der Waals surface area contributed by atoms with Crippen LogP contribution in [-0.2, 0) is 14.8 Å². The summed E-state index contributed by atoms with van der Waals surface area (Å²) in [7, 11) is -3.86. The van der Waals surface area contributed by atoms with Crippen LogP contribution in [0.3, 0.4) is 0 Å². The zero-order chi connectivity index (χ0) is 29.9. The molecule has 1 saturated heterocycles. The van der Waals surface area contributed by atoms with Crippen LogP contribution in [0.25, 0.3) is 10.2 Å². The van der Waals surface area contributed by atoms with Crippen LogP contribution >= 0.6 is 11.3 Å². The number of hydrazone groups is 1. The Labute approximate surface area is 246 Å². The normalized spacial score (nSPS) is 14.4. The molecule has 0 saturated carbocycles. The number of hydrogen-bond acceptors (Lipinski definition) is 8. The average molecular weight is 610 g/mol. The highest BCUT2D eigenvalue weighted by Crippen LogP contribution is 2.31. The van der Waals surface area contributed by atoms with Gasteiger partial charge in [0.25, 0.3) is 5.91 Å². The number of nitrogens with zero attached hydrogens (tertiary/aromatic N) is 5. The molecule has 3 aromatic carbocycles. The molecular formula is C29H28FN5O5S2. The number of aromatic nitrogens is 1. The first kappa shape index (κ1) is 29.3. The summed E-state index contributed by atoms with van der Waals surface area (Å²) in [5.41, 5.74) is 2.54. The SMILES string of the molecule is CCOC(=O)N1CCN(S(=O)(=O)c2ccc(C(=O)N(/N=C/c3ccc(C)cc3)c3nc4ccc(F)cc4s3)cc2)CC1. The van der Waals surface area contributed by atoms with E-state index >= 15 is 0 Å². The summed E-state index contributed by atoms with van der Waals surface area (Å²) < 4.78 is 47.2. The zero-order valence-electron chi connectivity index (χ0n) is 22.9. The Morgan fingerprint density at radius 3 is 2.40 bits per heavy atom. The van der Waals surface area contributed by atoms with Gasteiger partial charge in [0.1, 0.15) is 5.82 Å². The number of amides is 2. The van der Waals surface area contributed by atoms with E-state index in [9.17, 15) is 22.4 Å². The fraction of sp³-hybridized carbons (Fsp3) is 0.241. The smallest absolute Gasteiger partial charge is 0.409 e. The number of aryl methyl sites for hydroxylation is 1. The molecule has 1 aromatic heterocycles. The number of sulfonamides is 1. The number of halogens is 1. The number of carbonyl (C=O) groups is 2. The van der Waals surface area contributed by atoms with Gasteiger partial charge in [-0.05, 0) is 61.9 Å². The lowest BCUT2D eigenvalue weighted by molar-refractivity contribution is 0.0933. The van der Waals surface area contributed by atoms with Crippen LogP contribution < -0.4 is 5.01 Å². The predicted octanol–water partition coefficient (Wildman–Crippen LogP) is 4.89. The van der Waals surface area contributed by atoms with Gasteiger partial charge in [0.15, 0.2) is 0 Å². The van der Waals surface area contributed by atoms with E-state index in [0.29, 0.717) is 10.2 Å². The van der Waals surface area contributed by atoms with Crippen molar-refractivity contribution in [3.63, 3.8) is 0 Å². The summed E-state index contributed by atoms with van der Waals surface area (Å²) in [5.74, 6) is -0.956. The average Bonchev–Trinajstić information content (AvgIpc) is 3.41. The van der Waals surface area contributed by atoms with E-state index in [1.165, 1.54) is 57.9 Å². The third kappa shape index (κ3) is 6.32. The summed E-state index contributed by atoms with van der Waals surface area (Å²) in [5, 5.41) is 5.77. The van der Waals surface area contributed by atoms with Gasteiger partial charge >= 0.3 is 6.09 Å². The van der Waals surface area contributed by atoms with Gasteiger partial charge in [0.05, 0.1) is 27.9 Å². The standard InChI is InChI=1S/C29H28FN5O5S2/c1-3-40-29(37)33-14-16-34(17-15-33)42(38,39)24-11-8-22(9-12-24)27(36)35(31-19-21-6-4-20(2)5-7-21)28-32-25-13-10-23(30)18-26(25)41-28/h4-13,18-19H,3,14-17H2,1-2H3/b31-19+. The Morgan fingerprint density at radius 1 is 1.05 bits per heavy atom. The van der Waals surface area contributed by atoms with Gasteiger partial charge in [-0.2, -0.15) is 14.4 Å². The number of hydrogen-bond donors (Lipinski definition) is 0. The van der Waals surface area contributed by atoms with Crippen LogP contribution in [0.2, 0.25) is 0 Å². The molecule has 4 aromatic rings. The van der Waals surface area contributed by atoms with E-state index in [1.807, 2.05) is 31.2 Å². The number of piperazine rings is 1. The molecule has 13 heteroatoms. The van der Waals surface area contributed by atoms with Crippen molar-refractivity contribution in [2.45, 2.75) is 18.7 Å². The highest BCUT2D eigenvalue weighted by molar-refractivity contribution is 7.89. The van der Waals surface area contributed by atoms with Crippen molar-refractivity contribution in [2.75, 3.05) is 37.8 Å². The van der Waals surface area contributed by atoms with Crippen molar-refractivity contribution in [1.29, 1.82) is 0 Å². The van der Waals surface area contributed by atoms with E-state index in [4.69, 9.17) is 4.74 Å². The Balaban J connectivity index is 1.38. The molecule has 42 heavy (non-hydrogen) atoms. The summed E-state index contributed by atoms with van der Waals surface area (Å²) in [6.45, 7) is 4.61. The number of rotatable bonds is 7. The fourth-order valence-electron chi connectivity index (χ4n) is 4.31. The maximum absolute atomic E-state index is 13.8. The maximum Gasteiger partial charge on any atom is 0.409 e. The maximum atomic E-state index is 13.8. The molecule has 1 aliphatic heterocycles. The quantitative estimate of drug-likeness (QED) is 0.218. The Bertz CT molecular complexity index is 1730. The highest BCUT2D eigenvalue weighted by Gasteiger charge is 2.31. The lowest BCUT2D eigenvalue weighted by Crippen LogP contribution is -2.50. The number of carbonyl (C=O) groups excluding carboxylic acids is 2. The topological polar surface area (TPSA) is 112 Å². The first-order chi connectivity index (χ1) is 20.2. The molecule has 0 bridgehead atoms. The summed E-state index contributed by atoms with van der Waals surface area (Å²) >= 11 is 1.11. The summed E-state index contributed by atoms with van der Waals surface area (Å²) in [6, 6.07) is 17.3. The minimum atomic E-state index is -3.86. The molecule has 10 nitrogen and oxygen atoms in total. The van der Waals surface area contributed by atoms with Gasteiger partial charge in [0.2, 0.25) is 15.2 Å². The van der Waals surface area contributed by atoms with E-state index in [-0.39, 0.29) is 48.4 Å². The van der Waals surface area contributed by atoms with Crippen molar-refractivity contribution in [1.82, 2.24) is 14.2 Å². The predicted molar refractivity (Wildman–Crippen MR) is 159 cm³/mol. The summed E-state index contributed by atoms with van der Waals surface area (Å²) in [4.78, 5) is 31.6. The molecule has 2 heterocycles. The van der Waals surface area contributed by atoms with Crippen molar-refractivity contribution in [2.24, 2.45) is 5.10 Å².